The van der Waals surface area contributed by atoms with E-state index in [9.17, 15) is 9.18 Å². The van der Waals surface area contributed by atoms with Gasteiger partial charge in [-0.15, -0.1) is 0 Å². The third kappa shape index (κ3) is 4.07. The second-order valence-electron chi connectivity index (χ2n) is 8.32. The van der Waals surface area contributed by atoms with Gasteiger partial charge in [-0.25, -0.2) is 9.38 Å². The largest absolute Gasteiger partial charge is 0.493 e. The van der Waals surface area contributed by atoms with Crippen LogP contribution in [-0.4, -0.2) is 63.7 Å². The first-order valence-corrected chi connectivity index (χ1v) is 11.1. The Morgan fingerprint density at radius 1 is 1.21 bits per heavy atom. The molecular formula is C24H27FN4O4. The van der Waals surface area contributed by atoms with E-state index >= 15 is 0 Å². The van der Waals surface area contributed by atoms with E-state index in [0.29, 0.717) is 29.2 Å². The Balaban J connectivity index is 1.35. The van der Waals surface area contributed by atoms with Gasteiger partial charge in [0.15, 0.2) is 0 Å². The van der Waals surface area contributed by atoms with Crippen molar-refractivity contribution in [2.24, 2.45) is 4.99 Å². The van der Waals surface area contributed by atoms with Gasteiger partial charge in [-0.1, -0.05) is 0 Å². The van der Waals surface area contributed by atoms with Crippen molar-refractivity contribution in [2.75, 3.05) is 57.2 Å². The van der Waals surface area contributed by atoms with Gasteiger partial charge in [0.05, 0.1) is 31.8 Å². The van der Waals surface area contributed by atoms with Crippen molar-refractivity contribution in [1.29, 1.82) is 0 Å². The lowest BCUT2D eigenvalue weighted by Crippen LogP contribution is -2.40. The summed E-state index contributed by atoms with van der Waals surface area (Å²) in [4.78, 5) is 19.9. The molecule has 3 aliphatic heterocycles. The molecule has 2 atom stereocenters. The highest BCUT2D eigenvalue weighted by atomic mass is 19.1. The zero-order chi connectivity index (χ0) is 22.8. The smallest absolute Gasteiger partial charge is 0.237 e. The van der Waals surface area contributed by atoms with E-state index in [1.807, 2.05) is 18.2 Å². The Bertz CT molecular complexity index is 1070. The van der Waals surface area contributed by atoms with Gasteiger partial charge in [0.1, 0.15) is 17.5 Å². The Kier molecular flexibility index (Phi) is 6.01. The molecule has 1 amide bonds. The van der Waals surface area contributed by atoms with E-state index < -0.39 is 17.5 Å². The minimum Gasteiger partial charge on any atom is -0.493 e. The minimum atomic E-state index is -1.32. The molecule has 5 rings (SSSR count). The highest BCUT2D eigenvalue weighted by Gasteiger charge is 2.52. The molecule has 8 nitrogen and oxygen atoms in total. The van der Waals surface area contributed by atoms with Crippen LogP contribution in [0, 0.1) is 5.82 Å². The molecule has 2 aromatic rings. The average Bonchev–Trinajstić information content (AvgIpc) is 3.17. The molecule has 0 spiro atoms. The summed E-state index contributed by atoms with van der Waals surface area (Å²) < 4.78 is 31.3. The van der Waals surface area contributed by atoms with E-state index in [-0.39, 0.29) is 5.91 Å². The molecule has 9 heteroatoms. The Labute approximate surface area is 191 Å². The fraction of sp³-hybridized carbons (Fsp3) is 0.417. The number of rotatable bonds is 7. The molecule has 33 heavy (non-hydrogen) atoms. The maximum Gasteiger partial charge on any atom is 0.237 e. The number of benzene rings is 2. The van der Waals surface area contributed by atoms with Gasteiger partial charge < -0.3 is 24.8 Å². The Hall–Kier alpha value is -3.01. The van der Waals surface area contributed by atoms with Crippen LogP contribution in [-0.2, 0) is 20.0 Å². The molecule has 0 radical (unpaired) electrons. The summed E-state index contributed by atoms with van der Waals surface area (Å²) in [6, 6.07) is 9.83. The molecule has 0 bridgehead atoms. The normalized spacial score (nSPS) is 24.1. The first kappa shape index (κ1) is 21.8. The van der Waals surface area contributed by atoms with Gasteiger partial charge in [-0.2, -0.15) is 0 Å². The van der Waals surface area contributed by atoms with Gasteiger partial charge in [0.25, 0.3) is 0 Å². The van der Waals surface area contributed by atoms with Gasteiger partial charge >= 0.3 is 0 Å². The number of nitrogens with zero attached hydrogens (tertiary/aromatic N) is 2. The summed E-state index contributed by atoms with van der Waals surface area (Å²) in [6.07, 6.45) is 2.43. The molecule has 2 unspecified atom stereocenters. The predicted molar refractivity (Wildman–Crippen MR) is 122 cm³/mol. The molecule has 3 heterocycles. The Morgan fingerprint density at radius 2 is 2.06 bits per heavy atom. The number of hydrogen-bond donors (Lipinski definition) is 2. The van der Waals surface area contributed by atoms with E-state index in [0.717, 1.165) is 45.0 Å². The second kappa shape index (κ2) is 9.09. The zero-order valence-corrected chi connectivity index (χ0v) is 18.5. The number of methoxy groups -OCH3 is 1. The number of nitrogens with one attached hydrogen (secondary N) is 2. The van der Waals surface area contributed by atoms with E-state index in [2.05, 4.69) is 20.5 Å². The van der Waals surface area contributed by atoms with Crippen LogP contribution in [0.4, 0.5) is 15.8 Å². The van der Waals surface area contributed by atoms with E-state index in [4.69, 9.17) is 14.2 Å². The van der Waals surface area contributed by atoms with Crippen molar-refractivity contribution in [3.8, 4) is 5.75 Å². The number of fused-ring (bicyclic) bond motifs is 2. The summed E-state index contributed by atoms with van der Waals surface area (Å²) in [5.74, 6) is -0.817. The van der Waals surface area contributed by atoms with E-state index in [1.165, 1.54) is 25.6 Å². The van der Waals surface area contributed by atoms with Gasteiger partial charge in [-0.05, 0) is 42.3 Å². The molecule has 3 aliphatic rings. The Morgan fingerprint density at radius 3 is 2.88 bits per heavy atom. The SMILES string of the molecule is COC1(C2C(=O)Nc3ccc(F)cc32)N=CNc2cc(OCCCN3CCOCC3)ccc21. The predicted octanol–water partition coefficient (Wildman–Crippen LogP) is 2.92. The van der Waals surface area contributed by atoms with Crippen molar-refractivity contribution < 1.29 is 23.4 Å². The molecule has 0 aliphatic carbocycles. The molecule has 1 saturated heterocycles. The number of halogens is 1. The van der Waals surface area contributed by atoms with Gasteiger partial charge in [0, 0.05) is 44.1 Å². The molecule has 2 aromatic carbocycles. The topological polar surface area (TPSA) is 84.4 Å². The van der Waals surface area contributed by atoms with Crippen molar-refractivity contribution in [3.05, 3.63) is 53.3 Å². The van der Waals surface area contributed by atoms with Gasteiger partial charge in [0.2, 0.25) is 11.6 Å². The van der Waals surface area contributed by atoms with E-state index in [1.54, 1.807) is 6.07 Å². The summed E-state index contributed by atoms with van der Waals surface area (Å²) in [6.45, 7) is 5.06. The van der Waals surface area contributed by atoms with Crippen molar-refractivity contribution in [2.45, 2.75) is 18.1 Å². The lowest BCUT2D eigenvalue weighted by atomic mass is 9.83. The molecule has 0 saturated carbocycles. The van der Waals surface area contributed by atoms with Crippen molar-refractivity contribution in [1.82, 2.24) is 4.90 Å². The number of hydrogen-bond acceptors (Lipinski definition) is 7. The van der Waals surface area contributed by atoms with Gasteiger partial charge in [-0.3, -0.25) is 9.69 Å². The van der Waals surface area contributed by atoms with Crippen LogP contribution < -0.4 is 15.4 Å². The highest BCUT2D eigenvalue weighted by Crippen LogP contribution is 2.50. The number of carbonyl (C=O) groups is 1. The molecule has 174 valence electrons. The fourth-order valence-corrected chi connectivity index (χ4v) is 4.75. The molecule has 0 aromatic heterocycles. The summed E-state index contributed by atoms with van der Waals surface area (Å²) in [5, 5.41) is 5.95. The first-order valence-electron chi connectivity index (χ1n) is 11.1. The number of amides is 1. The van der Waals surface area contributed by atoms with Crippen LogP contribution >= 0.6 is 0 Å². The van der Waals surface area contributed by atoms with Crippen LogP contribution in [0.15, 0.2) is 41.4 Å². The monoisotopic (exact) mass is 454 g/mol. The number of aliphatic imine (C=N–C) groups is 1. The van der Waals surface area contributed by atoms with Crippen LogP contribution in [0.2, 0.25) is 0 Å². The van der Waals surface area contributed by atoms with Crippen LogP contribution in [0.1, 0.15) is 23.5 Å². The zero-order valence-electron chi connectivity index (χ0n) is 18.5. The molecule has 1 fully saturated rings. The second-order valence-corrected chi connectivity index (χ2v) is 8.32. The van der Waals surface area contributed by atoms with Crippen LogP contribution in [0.25, 0.3) is 0 Å². The number of anilines is 2. The summed E-state index contributed by atoms with van der Waals surface area (Å²) in [7, 11) is 1.51. The quantitative estimate of drug-likeness (QED) is 0.626. The van der Waals surface area contributed by atoms with Crippen molar-refractivity contribution in [3.63, 3.8) is 0 Å². The van der Waals surface area contributed by atoms with Crippen LogP contribution in [0.3, 0.4) is 0 Å². The standard InChI is InChI=1S/C24H27FN4O4/c1-31-24(22-18-13-16(25)3-6-20(18)28-23(22)30)19-5-4-17(14-21(19)26-15-27-24)33-10-2-7-29-8-11-32-12-9-29/h3-6,13-15,22H,2,7-12H2,1H3,(H,26,27)(H,28,30). The third-order valence-corrected chi connectivity index (χ3v) is 6.39. The number of morpholine rings is 1. The van der Waals surface area contributed by atoms with Crippen molar-refractivity contribution >= 4 is 23.6 Å². The fourth-order valence-electron chi connectivity index (χ4n) is 4.75. The number of carbonyl (C=O) groups excluding carboxylic acids is 1. The minimum absolute atomic E-state index is 0.286. The third-order valence-electron chi connectivity index (χ3n) is 6.39. The lowest BCUT2D eigenvalue weighted by Gasteiger charge is -2.37. The maximum atomic E-state index is 14.0. The highest BCUT2D eigenvalue weighted by molar-refractivity contribution is 6.04. The average molecular weight is 455 g/mol. The maximum absolute atomic E-state index is 14.0. The number of ether oxygens (including phenoxy) is 3. The summed E-state index contributed by atoms with van der Waals surface area (Å²) >= 11 is 0. The first-order chi connectivity index (χ1) is 16.1. The molecular weight excluding hydrogens is 427 g/mol. The van der Waals surface area contributed by atoms with Crippen LogP contribution in [0.5, 0.6) is 5.75 Å². The lowest BCUT2D eigenvalue weighted by molar-refractivity contribution is -0.125. The summed E-state index contributed by atoms with van der Waals surface area (Å²) in [5.41, 5.74) is 1.19. The molecule has 2 N–H and O–H groups in total.